The Morgan fingerprint density at radius 2 is 1.75 bits per heavy atom. The van der Waals surface area contributed by atoms with Crippen LogP contribution in [0.1, 0.15) is 11.6 Å². The summed E-state index contributed by atoms with van der Waals surface area (Å²) in [5, 5.41) is 14.0. The lowest BCUT2D eigenvalue weighted by Crippen LogP contribution is -2.02. The van der Waals surface area contributed by atoms with Gasteiger partial charge in [-0.2, -0.15) is 4.68 Å². The van der Waals surface area contributed by atoms with Gasteiger partial charge in [-0.25, -0.2) is 9.97 Å². The van der Waals surface area contributed by atoms with Gasteiger partial charge in [0.15, 0.2) is 5.82 Å². The van der Waals surface area contributed by atoms with E-state index in [2.05, 4.69) is 25.5 Å². The molecule has 0 aliphatic rings. The number of thioether (sulfide) groups is 1. The fraction of sp³-hybridized carbons (Fsp3) is 0.118. The summed E-state index contributed by atoms with van der Waals surface area (Å²) in [6, 6.07) is 17.9. The third-order valence-electron chi connectivity index (χ3n) is 3.55. The van der Waals surface area contributed by atoms with Crippen molar-refractivity contribution in [2.75, 3.05) is 0 Å². The predicted octanol–water partition coefficient (Wildman–Crippen LogP) is 3.21. The second kappa shape index (κ2) is 6.37. The third-order valence-corrected chi connectivity index (χ3v) is 4.54. The predicted molar refractivity (Wildman–Crippen MR) is 93.0 cm³/mol. The van der Waals surface area contributed by atoms with Gasteiger partial charge in [-0.15, -0.1) is 5.10 Å². The van der Waals surface area contributed by atoms with Crippen molar-refractivity contribution < 1.29 is 0 Å². The molecule has 6 nitrogen and oxygen atoms in total. The average molecular weight is 334 g/mol. The SMILES string of the molecule is Cc1nc(SCc2nnnn2-c2ccccc2)c2ccccc2n1. The molecule has 4 aromatic rings. The molecule has 4 rings (SSSR count). The second-order valence-corrected chi connectivity index (χ2v) is 6.19. The van der Waals surface area contributed by atoms with Gasteiger partial charge >= 0.3 is 0 Å². The van der Waals surface area contributed by atoms with Crippen LogP contribution in [0.4, 0.5) is 0 Å². The highest BCUT2D eigenvalue weighted by molar-refractivity contribution is 7.98. The van der Waals surface area contributed by atoms with Crippen LogP contribution in [0, 0.1) is 6.92 Å². The molecule has 0 atom stereocenters. The Hall–Kier alpha value is -2.80. The molecule has 7 heteroatoms. The van der Waals surface area contributed by atoms with Crippen LogP contribution in [-0.4, -0.2) is 30.2 Å². The lowest BCUT2D eigenvalue weighted by atomic mass is 10.2. The molecule has 0 bridgehead atoms. The third kappa shape index (κ3) is 2.85. The van der Waals surface area contributed by atoms with Crippen LogP contribution < -0.4 is 0 Å². The maximum absolute atomic E-state index is 4.58. The average Bonchev–Trinajstić information content (AvgIpc) is 3.09. The highest BCUT2D eigenvalue weighted by Gasteiger charge is 2.11. The fourth-order valence-corrected chi connectivity index (χ4v) is 3.44. The summed E-state index contributed by atoms with van der Waals surface area (Å²) in [5.74, 6) is 2.17. The van der Waals surface area contributed by atoms with Gasteiger partial charge in [0.1, 0.15) is 10.9 Å². The molecule has 0 unspecified atom stereocenters. The summed E-state index contributed by atoms with van der Waals surface area (Å²) in [6.07, 6.45) is 0. The lowest BCUT2D eigenvalue weighted by Gasteiger charge is -2.07. The Balaban J connectivity index is 1.64. The van der Waals surface area contributed by atoms with Gasteiger partial charge in [0.25, 0.3) is 0 Å². The summed E-state index contributed by atoms with van der Waals surface area (Å²) in [7, 11) is 0. The number of aromatic nitrogens is 6. The van der Waals surface area contributed by atoms with Gasteiger partial charge in [0.05, 0.1) is 17.0 Å². The van der Waals surface area contributed by atoms with Gasteiger partial charge in [-0.1, -0.05) is 48.2 Å². The summed E-state index contributed by atoms with van der Waals surface area (Å²) < 4.78 is 1.75. The first-order valence-electron chi connectivity index (χ1n) is 7.50. The monoisotopic (exact) mass is 334 g/mol. The first-order valence-corrected chi connectivity index (χ1v) is 8.49. The molecule has 2 aromatic heterocycles. The molecule has 0 fully saturated rings. The topological polar surface area (TPSA) is 69.4 Å². The van der Waals surface area contributed by atoms with E-state index in [0.29, 0.717) is 5.75 Å². The smallest absolute Gasteiger partial charge is 0.166 e. The van der Waals surface area contributed by atoms with E-state index in [1.807, 2.05) is 61.5 Å². The quantitative estimate of drug-likeness (QED) is 0.422. The van der Waals surface area contributed by atoms with Crippen LogP contribution in [0.5, 0.6) is 0 Å². The lowest BCUT2D eigenvalue weighted by molar-refractivity contribution is 0.777. The Morgan fingerprint density at radius 1 is 0.958 bits per heavy atom. The molecular weight excluding hydrogens is 320 g/mol. The van der Waals surface area contributed by atoms with Crippen LogP contribution in [0.2, 0.25) is 0 Å². The van der Waals surface area contributed by atoms with E-state index in [0.717, 1.165) is 33.3 Å². The first-order chi connectivity index (χ1) is 11.8. The molecule has 0 aliphatic carbocycles. The summed E-state index contributed by atoms with van der Waals surface area (Å²) >= 11 is 1.62. The number of rotatable bonds is 4. The maximum atomic E-state index is 4.58. The molecular formula is C17H14N6S. The molecule has 0 saturated heterocycles. The highest BCUT2D eigenvalue weighted by Crippen LogP contribution is 2.27. The van der Waals surface area contributed by atoms with Crippen LogP contribution in [0.3, 0.4) is 0 Å². The molecule has 24 heavy (non-hydrogen) atoms. The first kappa shape index (κ1) is 14.8. The molecule has 0 aliphatic heterocycles. The highest BCUT2D eigenvalue weighted by atomic mass is 32.2. The molecule has 0 spiro atoms. The molecule has 2 heterocycles. The Bertz CT molecular complexity index is 983. The molecule has 0 N–H and O–H groups in total. The van der Waals surface area contributed by atoms with Crippen molar-refractivity contribution in [3.63, 3.8) is 0 Å². The van der Waals surface area contributed by atoms with Crippen LogP contribution in [0.25, 0.3) is 16.6 Å². The zero-order valence-electron chi connectivity index (χ0n) is 13.0. The van der Waals surface area contributed by atoms with Gasteiger partial charge in [-0.05, 0) is 35.5 Å². The zero-order valence-corrected chi connectivity index (χ0v) is 13.8. The minimum absolute atomic E-state index is 0.627. The standard InChI is InChI=1S/C17H14N6S/c1-12-18-15-10-6-5-9-14(15)17(19-12)24-11-16-20-21-22-23(16)13-7-3-2-4-8-13/h2-10H,11H2,1H3. The number of hydrogen-bond acceptors (Lipinski definition) is 6. The minimum atomic E-state index is 0.627. The van der Waals surface area contributed by atoms with Crippen LogP contribution >= 0.6 is 11.8 Å². The number of aryl methyl sites for hydroxylation is 1. The number of fused-ring (bicyclic) bond motifs is 1. The van der Waals surface area contributed by atoms with Crippen molar-refractivity contribution in [2.24, 2.45) is 0 Å². The normalized spacial score (nSPS) is 11.0. The summed E-state index contributed by atoms with van der Waals surface area (Å²) in [5.41, 5.74) is 1.90. The van der Waals surface area contributed by atoms with E-state index in [9.17, 15) is 0 Å². The molecule has 0 saturated carbocycles. The van der Waals surface area contributed by atoms with Crippen molar-refractivity contribution in [3.8, 4) is 5.69 Å². The summed E-state index contributed by atoms with van der Waals surface area (Å²) in [4.78, 5) is 9.05. The van der Waals surface area contributed by atoms with Crippen LogP contribution in [-0.2, 0) is 5.75 Å². The van der Waals surface area contributed by atoms with Crippen molar-refractivity contribution in [3.05, 3.63) is 66.2 Å². The minimum Gasteiger partial charge on any atom is -0.233 e. The van der Waals surface area contributed by atoms with Gasteiger partial charge in [-0.3, -0.25) is 0 Å². The zero-order chi connectivity index (χ0) is 16.4. The molecule has 118 valence electrons. The van der Waals surface area contributed by atoms with E-state index < -0.39 is 0 Å². The molecule has 0 amide bonds. The van der Waals surface area contributed by atoms with E-state index in [4.69, 9.17) is 0 Å². The van der Waals surface area contributed by atoms with Crippen molar-refractivity contribution >= 4 is 22.7 Å². The Morgan fingerprint density at radius 3 is 2.62 bits per heavy atom. The Kier molecular flexibility index (Phi) is 3.92. The number of tetrazole rings is 1. The molecule has 0 radical (unpaired) electrons. The largest absolute Gasteiger partial charge is 0.233 e. The van der Waals surface area contributed by atoms with E-state index in [1.165, 1.54) is 0 Å². The number of nitrogens with zero attached hydrogens (tertiary/aromatic N) is 6. The molecule has 2 aromatic carbocycles. The Labute approximate surface area is 143 Å². The number of benzene rings is 2. The van der Waals surface area contributed by atoms with Gasteiger partial charge in [0.2, 0.25) is 0 Å². The van der Waals surface area contributed by atoms with Gasteiger partial charge in [0, 0.05) is 5.39 Å². The van der Waals surface area contributed by atoms with Gasteiger partial charge < -0.3 is 0 Å². The van der Waals surface area contributed by atoms with Crippen molar-refractivity contribution in [1.82, 2.24) is 30.2 Å². The van der Waals surface area contributed by atoms with E-state index in [-0.39, 0.29) is 0 Å². The van der Waals surface area contributed by atoms with E-state index >= 15 is 0 Å². The van der Waals surface area contributed by atoms with Crippen molar-refractivity contribution in [1.29, 1.82) is 0 Å². The van der Waals surface area contributed by atoms with Crippen LogP contribution in [0.15, 0.2) is 59.6 Å². The van der Waals surface area contributed by atoms with E-state index in [1.54, 1.807) is 16.4 Å². The number of hydrogen-bond donors (Lipinski definition) is 0. The fourth-order valence-electron chi connectivity index (χ4n) is 2.47. The second-order valence-electron chi connectivity index (χ2n) is 5.22. The van der Waals surface area contributed by atoms with Crippen molar-refractivity contribution in [2.45, 2.75) is 17.7 Å². The summed E-state index contributed by atoms with van der Waals surface area (Å²) in [6.45, 7) is 1.91. The number of para-hydroxylation sites is 2. The maximum Gasteiger partial charge on any atom is 0.166 e.